The SMILES string of the molecule is CC(C)(C)[C@H]1CC[Si@](C)(c2ccc(Cl)cc2)CC1. The molecule has 0 atom stereocenters. The Kier molecular flexibility index (Phi) is 3.94. The van der Waals surface area contributed by atoms with Gasteiger partial charge in [-0.2, -0.15) is 0 Å². The van der Waals surface area contributed by atoms with E-state index in [9.17, 15) is 0 Å². The second-order valence-corrected chi connectivity index (χ2v) is 12.3. The lowest BCUT2D eigenvalue weighted by molar-refractivity contribution is 0.218. The average molecular weight is 281 g/mol. The van der Waals surface area contributed by atoms with Gasteiger partial charge in [-0.05, 0) is 23.5 Å². The van der Waals surface area contributed by atoms with Crippen molar-refractivity contribution in [3.63, 3.8) is 0 Å². The van der Waals surface area contributed by atoms with Crippen LogP contribution in [0.3, 0.4) is 0 Å². The molecule has 1 aromatic carbocycles. The highest BCUT2D eigenvalue weighted by atomic mass is 35.5. The lowest BCUT2D eigenvalue weighted by atomic mass is 9.77. The average Bonchev–Trinajstić information content (AvgIpc) is 2.29. The van der Waals surface area contributed by atoms with Crippen molar-refractivity contribution in [1.29, 1.82) is 0 Å². The van der Waals surface area contributed by atoms with Crippen LogP contribution >= 0.6 is 11.6 Å². The topological polar surface area (TPSA) is 0 Å². The number of rotatable bonds is 1. The highest BCUT2D eigenvalue weighted by molar-refractivity contribution is 6.91. The van der Waals surface area contributed by atoms with Crippen LogP contribution in [-0.4, -0.2) is 8.07 Å². The molecule has 2 heteroatoms. The van der Waals surface area contributed by atoms with Gasteiger partial charge in [0.15, 0.2) is 0 Å². The fraction of sp³-hybridized carbons (Fsp3) is 0.625. The standard InChI is InChI=1S/C16H25ClSi/c1-16(2,3)13-9-11-18(4,12-10-13)15-7-5-14(17)6-8-15/h5-8,13H,9-12H2,1-4H3/t13-,18-. The number of halogens is 1. The van der Waals surface area contributed by atoms with E-state index in [2.05, 4.69) is 51.6 Å². The molecule has 0 amide bonds. The molecule has 0 radical (unpaired) electrons. The van der Waals surface area contributed by atoms with Crippen molar-refractivity contribution < 1.29 is 0 Å². The molecule has 0 aromatic heterocycles. The zero-order valence-electron chi connectivity index (χ0n) is 12.1. The van der Waals surface area contributed by atoms with Gasteiger partial charge in [0.25, 0.3) is 0 Å². The minimum Gasteiger partial charge on any atom is -0.0843 e. The first kappa shape index (κ1) is 14.1. The van der Waals surface area contributed by atoms with Crippen molar-refractivity contribution in [3.05, 3.63) is 29.3 Å². The van der Waals surface area contributed by atoms with Gasteiger partial charge in [-0.3, -0.25) is 0 Å². The molecular formula is C16H25ClSi. The third kappa shape index (κ3) is 3.00. The van der Waals surface area contributed by atoms with Crippen molar-refractivity contribution in [2.24, 2.45) is 11.3 Å². The van der Waals surface area contributed by atoms with Crippen LogP contribution in [0.5, 0.6) is 0 Å². The summed E-state index contributed by atoms with van der Waals surface area (Å²) in [6.45, 7) is 9.73. The molecule has 0 N–H and O–H groups in total. The van der Waals surface area contributed by atoms with Gasteiger partial charge in [0.2, 0.25) is 0 Å². The third-order valence-electron chi connectivity index (χ3n) is 4.86. The number of hydrogen-bond acceptors (Lipinski definition) is 0. The fourth-order valence-corrected chi connectivity index (χ4v) is 7.16. The molecule has 1 aromatic rings. The van der Waals surface area contributed by atoms with Crippen molar-refractivity contribution in [3.8, 4) is 0 Å². The summed E-state index contributed by atoms with van der Waals surface area (Å²) < 4.78 is 0. The van der Waals surface area contributed by atoms with E-state index in [1.165, 1.54) is 24.9 Å². The summed E-state index contributed by atoms with van der Waals surface area (Å²) in [6, 6.07) is 11.5. The first-order valence-electron chi connectivity index (χ1n) is 7.07. The summed E-state index contributed by atoms with van der Waals surface area (Å²) >= 11 is 5.99. The second-order valence-electron chi connectivity index (χ2n) is 7.21. The molecule has 1 aliphatic rings. The Morgan fingerprint density at radius 1 is 1.06 bits per heavy atom. The van der Waals surface area contributed by atoms with E-state index in [-0.39, 0.29) is 0 Å². The molecule has 0 spiro atoms. The molecule has 0 saturated carbocycles. The van der Waals surface area contributed by atoms with Crippen LogP contribution in [0.2, 0.25) is 23.7 Å². The van der Waals surface area contributed by atoms with Crippen LogP contribution in [0.25, 0.3) is 0 Å². The van der Waals surface area contributed by atoms with E-state index in [0.717, 1.165) is 10.9 Å². The summed E-state index contributed by atoms with van der Waals surface area (Å²) in [7, 11) is -1.21. The number of hydrogen-bond donors (Lipinski definition) is 0. The Labute approximate surface area is 118 Å². The molecule has 0 bridgehead atoms. The van der Waals surface area contributed by atoms with Crippen LogP contribution in [0.4, 0.5) is 0 Å². The van der Waals surface area contributed by atoms with Crippen LogP contribution in [0, 0.1) is 11.3 Å². The Bertz CT molecular complexity index is 394. The summed E-state index contributed by atoms with van der Waals surface area (Å²) in [4.78, 5) is 0. The Morgan fingerprint density at radius 3 is 2.00 bits per heavy atom. The molecule has 0 unspecified atom stereocenters. The zero-order chi connectivity index (χ0) is 13.4. The van der Waals surface area contributed by atoms with Gasteiger partial charge in [0.05, 0.1) is 8.07 Å². The number of benzene rings is 1. The summed E-state index contributed by atoms with van der Waals surface area (Å²) in [5, 5.41) is 2.46. The minimum absolute atomic E-state index is 0.482. The Balaban J connectivity index is 2.10. The maximum atomic E-state index is 5.99. The maximum Gasteiger partial charge on any atom is 0.0837 e. The van der Waals surface area contributed by atoms with Gasteiger partial charge in [0, 0.05) is 5.02 Å². The van der Waals surface area contributed by atoms with Gasteiger partial charge >= 0.3 is 0 Å². The molecule has 1 saturated heterocycles. The van der Waals surface area contributed by atoms with Gasteiger partial charge in [0.1, 0.15) is 0 Å². The Hall–Kier alpha value is -0.273. The molecule has 0 nitrogen and oxygen atoms in total. The van der Waals surface area contributed by atoms with E-state index in [1.807, 2.05) is 0 Å². The quantitative estimate of drug-likeness (QED) is 0.629. The monoisotopic (exact) mass is 280 g/mol. The highest BCUT2D eigenvalue weighted by Gasteiger charge is 2.38. The largest absolute Gasteiger partial charge is 0.0843 e. The predicted octanol–water partition coefficient (Wildman–Crippen LogP) is 5.08. The van der Waals surface area contributed by atoms with Crippen molar-refractivity contribution >= 4 is 24.9 Å². The molecule has 0 aliphatic carbocycles. The van der Waals surface area contributed by atoms with Crippen LogP contribution in [0.1, 0.15) is 33.6 Å². The van der Waals surface area contributed by atoms with Gasteiger partial charge in [-0.25, -0.2) is 0 Å². The first-order chi connectivity index (χ1) is 8.31. The second kappa shape index (κ2) is 5.01. The minimum atomic E-state index is -1.21. The summed E-state index contributed by atoms with van der Waals surface area (Å²) in [6.07, 6.45) is 2.82. The fourth-order valence-electron chi connectivity index (χ4n) is 3.26. The predicted molar refractivity (Wildman–Crippen MR) is 84.5 cm³/mol. The van der Waals surface area contributed by atoms with Crippen molar-refractivity contribution in [1.82, 2.24) is 0 Å². The molecule has 100 valence electrons. The normalized spacial score (nSPS) is 29.3. The van der Waals surface area contributed by atoms with Crippen LogP contribution in [-0.2, 0) is 0 Å². The van der Waals surface area contributed by atoms with Gasteiger partial charge < -0.3 is 0 Å². The lowest BCUT2D eigenvalue weighted by Crippen LogP contribution is -2.48. The highest BCUT2D eigenvalue weighted by Crippen LogP contribution is 2.41. The molecule has 18 heavy (non-hydrogen) atoms. The van der Waals surface area contributed by atoms with Gasteiger partial charge in [-0.1, -0.05) is 81.2 Å². The lowest BCUT2D eigenvalue weighted by Gasteiger charge is -2.41. The maximum absolute atomic E-state index is 5.99. The molecule has 2 rings (SSSR count). The smallest absolute Gasteiger partial charge is 0.0837 e. The molecule has 1 aliphatic heterocycles. The zero-order valence-corrected chi connectivity index (χ0v) is 13.8. The Morgan fingerprint density at radius 2 is 1.56 bits per heavy atom. The summed E-state index contributed by atoms with van der Waals surface area (Å²) in [5.74, 6) is 0.908. The van der Waals surface area contributed by atoms with Crippen LogP contribution < -0.4 is 5.19 Å². The molecule has 1 heterocycles. The molecule has 1 fully saturated rings. The summed E-state index contributed by atoms with van der Waals surface area (Å²) in [5.41, 5.74) is 0.482. The van der Waals surface area contributed by atoms with E-state index >= 15 is 0 Å². The van der Waals surface area contributed by atoms with Crippen molar-refractivity contribution in [2.75, 3.05) is 0 Å². The molecular weight excluding hydrogens is 256 g/mol. The van der Waals surface area contributed by atoms with E-state index in [4.69, 9.17) is 11.6 Å². The van der Waals surface area contributed by atoms with E-state index in [0.29, 0.717) is 5.41 Å². The van der Waals surface area contributed by atoms with E-state index in [1.54, 1.807) is 5.19 Å². The van der Waals surface area contributed by atoms with Gasteiger partial charge in [-0.15, -0.1) is 0 Å². The van der Waals surface area contributed by atoms with Crippen LogP contribution in [0.15, 0.2) is 24.3 Å². The first-order valence-corrected chi connectivity index (χ1v) is 10.4. The van der Waals surface area contributed by atoms with E-state index < -0.39 is 8.07 Å². The van der Waals surface area contributed by atoms with Crippen molar-refractivity contribution in [2.45, 2.75) is 52.2 Å². The third-order valence-corrected chi connectivity index (χ3v) is 9.62.